The Kier molecular flexibility index (Phi) is 9.51. The van der Waals surface area contributed by atoms with Crippen LogP contribution in [0, 0.1) is 0 Å². The normalized spacial score (nSPS) is 10.9. The molecule has 0 atom stereocenters. The van der Waals surface area contributed by atoms with E-state index in [0.717, 1.165) is 16.5 Å². The molecule has 3 rings (SSSR count). The average molecular weight is 473 g/mol. The molecule has 0 saturated heterocycles. The first-order chi connectivity index (χ1) is 16.6. The molecule has 0 fully saturated rings. The smallest absolute Gasteiger partial charge is 0.222 e. The van der Waals surface area contributed by atoms with E-state index < -0.39 is 0 Å². The topological polar surface area (TPSA) is 119 Å². The molecule has 0 radical (unpaired) electrons. The van der Waals surface area contributed by atoms with E-state index in [0.29, 0.717) is 68.2 Å². The van der Waals surface area contributed by atoms with Crippen LogP contribution in [0.2, 0.25) is 0 Å². The van der Waals surface area contributed by atoms with Crippen molar-refractivity contribution < 1.29 is 28.4 Å². The van der Waals surface area contributed by atoms with Gasteiger partial charge in [0.25, 0.3) is 0 Å². The summed E-state index contributed by atoms with van der Waals surface area (Å²) in [5.41, 5.74) is 8.22. The average Bonchev–Trinajstić information content (AvgIpc) is 2.83. The van der Waals surface area contributed by atoms with Gasteiger partial charge in [0.15, 0.2) is 0 Å². The fourth-order valence-corrected chi connectivity index (χ4v) is 3.37. The van der Waals surface area contributed by atoms with Crippen LogP contribution in [-0.2, 0) is 14.2 Å². The van der Waals surface area contributed by atoms with Crippen molar-refractivity contribution >= 4 is 22.7 Å². The maximum Gasteiger partial charge on any atom is 0.222 e. The number of hydrogen-bond donors (Lipinski definition) is 2. The molecular weight excluding hydrogens is 440 g/mol. The highest BCUT2D eigenvalue weighted by atomic mass is 16.5. The summed E-state index contributed by atoms with van der Waals surface area (Å²) in [6, 6.07) is 9.51. The number of ether oxygens (including phenoxy) is 6. The van der Waals surface area contributed by atoms with Crippen molar-refractivity contribution in [2.75, 3.05) is 79.1 Å². The molecule has 3 N–H and O–H groups in total. The Hall–Kier alpha value is -3.34. The van der Waals surface area contributed by atoms with Crippen LogP contribution in [0.4, 0.5) is 11.8 Å². The van der Waals surface area contributed by atoms with E-state index in [2.05, 4.69) is 15.3 Å². The number of benzene rings is 2. The van der Waals surface area contributed by atoms with E-state index in [-0.39, 0.29) is 5.95 Å². The van der Waals surface area contributed by atoms with Gasteiger partial charge >= 0.3 is 0 Å². The number of rotatable bonds is 14. The molecule has 10 nitrogen and oxygen atoms in total. The molecule has 0 spiro atoms. The van der Waals surface area contributed by atoms with E-state index in [4.69, 9.17) is 34.2 Å². The fraction of sp³-hybridized carbons (Fsp3) is 0.417. The van der Waals surface area contributed by atoms with Crippen LogP contribution in [0.3, 0.4) is 0 Å². The lowest BCUT2D eigenvalue weighted by molar-refractivity contribution is 0.139. The highest BCUT2D eigenvalue weighted by molar-refractivity contribution is 5.94. The monoisotopic (exact) mass is 472 g/mol. The summed E-state index contributed by atoms with van der Waals surface area (Å²) in [7, 11) is 6.67. The van der Waals surface area contributed by atoms with Crippen molar-refractivity contribution in [1.82, 2.24) is 9.97 Å². The minimum Gasteiger partial charge on any atom is -0.491 e. The van der Waals surface area contributed by atoms with Crippen LogP contribution in [0.15, 0.2) is 30.3 Å². The first-order valence-corrected chi connectivity index (χ1v) is 10.9. The number of fused-ring (bicyclic) bond motifs is 1. The second kappa shape index (κ2) is 12.8. The third-order valence-electron chi connectivity index (χ3n) is 4.93. The van der Waals surface area contributed by atoms with Gasteiger partial charge < -0.3 is 39.5 Å². The molecule has 0 saturated carbocycles. The minimum atomic E-state index is 0.184. The number of nitrogens with one attached hydrogen (secondary N) is 1. The molecule has 1 aromatic heterocycles. The zero-order valence-corrected chi connectivity index (χ0v) is 20.1. The molecule has 184 valence electrons. The van der Waals surface area contributed by atoms with Crippen LogP contribution in [0.1, 0.15) is 0 Å². The zero-order chi connectivity index (χ0) is 24.3. The molecule has 0 bridgehead atoms. The van der Waals surface area contributed by atoms with Gasteiger partial charge in [0.1, 0.15) is 42.9 Å². The van der Waals surface area contributed by atoms with Crippen molar-refractivity contribution in [3.05, 3.63) is 30.3 Å². The molecule has 0 unspecified atom stereocenters. The maximum absolute atomic E-state index is 6.09. The van der Waals surface area contributed by atoms with Gasteiger partial charge in [-0.1, -0.05) is 6.07 Å². The van der Waals surface area contributed by atoms with Gasteiger partial charge in [0.2, 0.25) is 5.95 Å². The molecule has 0 aliphatic heterocycles. The van der Waals surface area contributed by atoms with Crippen molar-refractivity contribution in [3.8, 4) is 28.4 Å². The van der Waals surface area contributed by atoms with E-state index in [1.54, 1.807) is 28.4 Å². The molecule has 10 heteroatoms. The molecule has 0 aliphatic carbocycles. The summed E-state index contributed by atoms with van der Waals surface area (Å²) in [5, 5.41) is 3.91. The van der Waals surface area contributed by atoms with Crippen LogP contribution in [0.25, 0.3) is 22.0 Å². The number of methoxy groups -OCH3 is 3. The van der Waals surface area contributed by atoms with Gasteiger partial charge in [-0.25, -0.2) is 4.98 Å². The Morgan fingerprint density at radius 2 is 1.35 bits per heavy atom. The van der Waals surface area contributed by atoms with E-state index in [9.17, 15) is 0 Å². The molecular formula is C24H32N4O6. The van der Waals surface area contributed by atoms with Gasteiger partial charge in [0, 0.05) is 45.9 Å². The quantitative estimate of drug-likeness (QED) is 0.339. The van der Waals surface area contributed by atoms with Crippen LogP contribution in [-0.4, -0.2) is 78.0 Å². The Morgan fingerprint density at radius 1 is 0.765 bits per heavy atom. The van der Waals surface area contributed by atoms with Gasteiger partial charge in [-0.15, -0.1) is 0 Å². The van der Waals surface area contributed by atoms with Crippen molar-refractivity contribution in [1.29, 1.82) is 0 Å². The Balaban J connectivity index is 2.12. The molecule has 2 aromatic carbocycles. The number of anilines is 2. The van der Waals surface area contributed by atoms with Gasteiger partial charge in [-0.05, 0) is 17.7 Å². The number of nitrogen functional groups attached to an aromatic ring is 1. The minimum absolute atomic E-state index is 0.184. The summed E-state index contributed by atoms with van der Waals surface area (Å²) in [6.07, 6.45) is 0. The largest absolute Gasteiger partial charge is 0.491 e. The number of aromatic nitrogens is 2. The number of nitrogens with zero attached hydrogens (tertiary/aromatic N) is 2. The van der Waals surface area contributed by atoms with Crippen molar-refractivity contribution in [2.45, 2.75) is 0 Å². The Morgan fingerprint density at radius 3 is 1.91 bits per heavy atom. The van der Waals surface area contributed by atoms with E-state index in [1.165, 1.54) is 0 Å². The second-order valence-corrected chi connectivity index (χ2v) is 7.23. The predicted molar refractivity (Wildman–Crippen MR) is 131 cm³/mol. The maximum atomic E-state index is 6.09. The lowest BCUT2D eigenvalue weighted by Crippen LogP contribution is -2.10. The zero-order valence-electron chi connectivity index (χ0n) is 20.1. The highest BCUT2D eigenvalue weighted by Crippen LogP contribution is 2.43. The predicted octanol–water partition coefficient (Wildman–Crippen LogP) is 3.00. The van der Waals surface area contributed by atoms with Crippen molar-refractivity contribution in [2.24, 2.45) is 0 Å². The molecule has 1 heterocycles. The van der Waals surface area contributed by atoms with Gasteiger partial charge in [-0.3, -0.25) is 0 Å². The summed E-state index contributed by atoms with van der Waals surface area (Å²) < 4.78 is 33.5. The molecule has 34 heavy (non-hydrogen) atoms. The van der Waals surface area contributed by atoms with Crippen molar-refractivity contribution in [3.63, 3.8) is 0 Å². The summed E-state index contributed by atoms with van der Waals surface area (Å²) in [6.45, 7) is 2.43. The van der Waals surface area contributed by atoms with E-state index in [1.807, 2.05) is 30.3 Å². The van der Waals surface area contributed by atoms with E-state index >= 15 is 0 Å². The molecule has 0 amide bonds. The number of hydrogen-bond acceptors (Lipinski definition) is 10. The lowest BCUT2D eigenvalue weighted by atomic mass is 10.0. The Labute approximate surface area is 199 Å². The summed E-state index contributed by atoms with van der Waals surface area (Å²) >= 11 is 0. The molecule has 3 aromatic rings. The summed E-state index contributed by atoms with van der Waals surface area (Å²) in [5.74, 6) is 2.63. The van der Waals surface area contributed by atoms with Gasteiger partial charge in [0.05, 0.1) is 30.9 Å². The highest BCUT2D eigenvalue weighted by Gasteiger charge is 2.18. The Bertz CT molecular complexity index is 1050. The SMILES string of the molecule is CNc1nc(N)nc2cc(-c3c(OCCOC)cc(OCCOC)cc3OCCOC)ccc12. The lowest BCUT2D eigenvalue weighted by Gasteiger charge is -2.19. The first kappa shape index (κ1) is 25.3. The second-order valence-electron chi connectivity index (χ2n) is 7.23. The third-order valence-corrected chi connectivity index (χ3v) is 4.93. The first-order valence-electron chi connectivity index (χ1n) is 10.9. The van der Waals surface area contributed by atoms with Crippen LogP contribution in [0.5, 0.6) is 17.2 Å². The standard InChI is InChI=1S/C24H32N4O6/c1-26-23-18-6-5-16(13-19(18)27-24(25)28-23)22-20(33-11-8-30-3)14-17(32-10-7-29-2)15-21(22)34-12-9-31-4/h5-6,13-15H,7-12H2,1-4H3,(H3,25,26,27,28). The summed E-state index contributed by atoms with van der Waals surface area (Å²) in [4.78, 5) is 8.67. The fourth-order valence-electron chi connectivity index (χ4n) is 3.37. The third kappa shape index (κ3) is 6.37. The van der Waals surface area contributed by atoms with Crippen LogP contribution >= 0.6 is 0 Å². The number of nitrogens with two attached hydrogens (primary N) is 1. The van der Waals surface area contributed by atoms with Crippen LogP contribution < -0.4 is 25.3 Å². The van der Waals surface area contributed by atoms with Gasteiger partial charge in [-0.2, -0.15) is 4.98 Å². The molecule has 0 aliphatic rings.